The predicted molar refractivity (Wildman–Crippen MR) is 53.4 cm³/mol. The SMILES string of the molecule is O=C(O)CCCC(=O)NCC1CCOC1. The lowest BCUT2D eigenvalue weighted by atomic mass is 10.1. The third-order valence-corrected chi connectivity index (χ3v) is 2.41. The summed E-state index contributed by atoms with van der Waals surface area (Å²) in [5.41, 5.74) is 0. The summed E-state index contributed by atoms with van der Waals surface area (Å²) in [6, 6.07) is 0. The molecule has 1 unspecified atom stereocenters. The monoisotopic (exact) mass is 215 g/mol. The molecule has 0 aromatic carbocycles. The Morgan fingerprint density at radius 3 is 2.80 bits per heavy atom. The van der Waals surface area contributed by atoms with Crippen molar-refractivity contribution in [3.8, 4) is 0 Å². The van der Waals surface area contributed by atoms with Gasteiger partial charge >= 0.3 is 5.97 Å². The number of carboxylic acids is 1. The maximum absolute atomic E-state index is 11.2. The van der Waals surface area contributed by atoms with Crippen molar-refractivity contribution >= 4 is 11.9 Å². The molecule has 1 atom stereocenters. The van der Waals surface area contributed by atoms with Gasteiger partial charge in [0.15, 0.2) is 0 Å². The molecule has 1 amide bonds. The number of aliphatic carboxylic acids is 1. The molecule has 0 aromatic rings. The Hall–Kier alpha value is -1.10. The van der Waals surface area contributed by atoms with E-state index in [4.69, 9.17) is 9.84 Å². The van der Waals surface area contributed by atoms with Crippen LogP contribution in [0.15, 0.2) is 0 Å². The second-order valence-electron chi connectivity index (χ2n) is 3.78. The van der Waals surface area contributed by atoms with Crippen molar-refractivity contribution in [3.63, 3.8) is 0 Å². The van der Waals surface area contributed by atoms with Gasteiger partial charge in [0.05, 0.1) is 6.61 Å². The number of hydrogen-bond donors (Lipinski definition) is 2. The lowest BCUT2D eigenvalue weighted by molar-refractivity contribution is -0.137. The number of rotatable bonds is 6. The number of carboxylic acid groups (broad SMARTS) is 1. The molecule has 2 N–H and O–H groups in total. The summed E-state index contributed by atoms with van der Waals surface area (Å²) in [5.74, 6) is -0.497. The molecule has 1 fully saturated rings. The molecule has 0 saturated carbocycles. The summed E-state index contributed by atoms with van der Waals surface area (Å²) < 4.78 is 5.17. The number of carbonyl (C=O) groups excluding carboxylic acids is 1. The van der Waals surface area contributed by atoms with Crippen molar-refractivity contribution in [1.29, 1.82) is 0 Å². The van der Waals surface area contributed by atoms with E-state index < -0.39 is 5.97 Å². The van der Waals surface area contributed by atoms with Gasteiger partial charge in [0.2, 0.25) is 5.91 Å². The molecular weight excluding hydrogens is 198 g/mol. The first-order chi connectivity index (χ1) is 7.18. The highest BCUT2D eigenvalue weighted by atomic mass is 16.5. The topological polar surface area (TPSA) is 75.6 Å². The van der Waals surface area contributed by atoms with Crippen molar-refractivity contribution in [2.75, 3.05) is 19.8 Å². The minimum absolute atomic E-state index is 0.0555. The van der Waals surface area contributed by atoms with Crippen molar-refractivity contribution in [1.82, 2.24) is 5.32 Å². The average Bonchev–Trinajstić information content (AvgIpc) is 2.66. The predicted octanol–water partition coefficient (Wildman–Crippen LogP) is 0.394. The van der Waals surface area contributed by atoms with Crippen LogP contribution in [-0.4, -0.2) is 36.7 Å². The van der Waals surface area contributed by atoms with Crippen LogP contribution < -0.4 is 5.32 Å². The van der Waals surface area contributed by atoms with E-state index in [0.29, 0.717) is 25.3 Å². The van der Waals surface area contributed by atoms with Crippen LogP contribution in [0.5, 0.6) is 0 Å². The highest BCUT2D eigenvalue weighted by molar-refractivity contribution is 5.76. The van der Waals surface area contributed by atoms with E-state index in [-0.39, 0.29) is 12.3 Å². The Kier molecular flexibility index (Phi) is 5.10. The molecule has 1 heterocycles. The summed E-state index contributed by atoms with van der Waals surface area (Å²) in [4.78, 5) is 21.4. The first-order valence-electron chi connectivity index (χ1n) is 5.24. The van der Waals surface area contributed by atoms with Gasteiger partial charge in [-0.1, -0.05) is 0 Å². The lowest BCUT2D eigenvalue weighted by Crippen LogP contribution is -2.29. The zero-order valence-electron chi connectivity index (χ0n) is 8.70. The Bertz CT molecular complexity index is 223. The van der Waals surface area contributed by atoms with E-state index in [2.05, 4.69) is 5.32 Å². The van der Waals surface area contributed by atoms with Crippen LogP contribution in [0.2, 0.25) is 0 Å². The summed E-state index contributed by atoms with van der Waals surface area (Å²) in [6.07, 6.45) is 1.75. The van der Waals surface area contributed by atoms with E-state index in [1.54, 1.807) is 0 Å². The number of carbonyl (C=O) groups is 2. The number of hydrogen-bond acceptors (Lipinski definition) is 3. The summed E-state index contributed by atoms with van der Waals surface area (Å²) in [7, 11) is 0. The molecule has 1 saturated heterocycles. The number of amides is 1. The molecule has 5 nitrogen and oxygen atoms in total. The fourth-order valence-electron chi connectivity index (χ4n) is 1.49. The smallest absolute Gasteiger partial charge is 0.303 e. The highest BCUT2D eigenvalue weighted by Crippen LogP contribution is 2.10. The van der Waals surface area contributed by atoms with Gasteiger partial charge in [0, 0.05) is 31.9 Å². The molecule has 1 rings (SSSR count). The van der Waals surface area contributed by atoms with Gasteiger partial charge < -0.3 is 15.2 Å². The van der Waals surface area contributed by atoms with Gasteiger partial charge in [0.25, 0.3) is 0 Å². The molecule has 1 aliphatic heterocycles. The fraction of sp³-hybridized carbons (Fsp3) is 0.800. The van der Waals surface area contributed by atoms with Gasteiger partial charge in [-0.15, -0.1) is 0 Å². The summed E-state index contributed by atoms with van der Waals surface area (Å²) in [6.45, 7) is 2.14. The average molecular weight is 215 g/mol. The molecule has 0 aliphatic carbocycles. The summed E-state index contributed by atoms with van der Waals surface area (Å²) >= 11 is 0. The van der Waals surface area contributed by atoms with Gasteiger partial charge in [0.1, 0.15) is 0 Å². The molecule has 0 spiro atoms. The molecule has 1 aliphatic rings. The van der Waals surface area contributed by atoms with Crippen LogP contribution in [0.4, 0.5) is 0 Å². The van der Waals surface area contributed by atoms with E-state index in [1.807, 2.05) is 0 Å². The van der Waals surface area contributed by atoms with Crippen LogP contribution in [0.1, 0.15) is 25.7 Å². The normalized spacial score (nSPS) is 20.1. The second kappa shape index (κ2) is 6.40. The zero-order chi connectivity index (χ0) is 11.1. The third-order valence-electron chi connectivity index (χ3n) is 2.41. The molecule has 15 heavy (non-hydrogen) atoms. The molecule has 0 radical (unpaired) electrons. The second-order valence-corrected chi connectivity index (χ2v) is 3.78. The highest BCUT2D eigenvalue weighted by Gasteiger charge is 2.16. The largest absolute Gasteiger partial charge is 0.481 e. The van der Waals surface area contributed by atoms with Crippen LogP contribution in [0.3, 0.4) is 0 Å². The van der Waals surface area contributed by atoms with Crippen LogP contribution in [-0.2, 0) is 14.3 Å². The Morgan fingerprint density at radius 2 is 2.20 bits per heavy atom. The van der Waals surface area contributed by atoms with Gasteiger partial charge in [-0.05, 0) is 12.8 Å². The van der Waals surface area contributed by atoms with Crippen molar-refractivity contribution in [2.45, 2.75) is 25.7 Å². The van der Waals surface area contributed by atoms with E-state index >= 15 is 0 Å². The zero-order valence-corrected chi connectivity index (χ0v) is 8.70. The molecule has 86 valence electrons. The summed E-state index contributed by atoms with van der Waals surface area (Å²) in [5, 5.41) is 11.2. The quantitative estimate of drug-likeness (QED) is 0.672. The fourth-order valence-corrected chi connectivity index (χ4v) is 1.49. The van der Waals surface area contributed by atoms with Crippen LogP contribution >= 0.6 is 0 Å². The van der Waals surface area contributed by atoms with E-state index in [0.717, 1.165) is 19.6 Å². The number of nitrogens with one attached hydrogen (secondary N) is 1. The minimum atomic E-state index is -0.855. The lowest BCUT2D eigenvalue weighted by Gasteiger charge is -2.08. The molecule has 0 bridgehead atoms. The van der Waals surface area contributed by atoms with Crippen molar-refractivity contribution in [2.24, 2.45) is 5.92 Å². The van der Waals surface area contributed by atoms with Gasteiger partial charge in [-0.2, -0.15) is 0 Å². The van der Waals surface area contributed by atoms with Crippen LogP contribution in [0, 0.1) is 5.92 Å². The molecule has 0 aromatic heterocycles. The minimum Gasteiger partial charge on any atom is -0.481 e. The van der Waals surface area contributed by atoms with Crippen LogP contribution in [0.25, 0.3) is 0 Å². The molecular formula is C10H17NO4. The van der Waals surface area contributed by atoms with Gasteiger partial charge in [-0.25, -0.2) is 0 Å². The standard InChI is InChI=1S/C10H17NO4/c12-9(2-1-3-10(13)14)11-6-8-4-5-15-7-8/h8H,1-7H2,(H,11,12)(H,13,14). The first-order valence-corrected chi connectivity index (χ1v) is 5.24. The first kappa shape index (κ1) is 12.0. The Labute approximate surface area is 88.8 Å². The van der Waals surface area contributed by atoms with E-state index in [1.165, 1.54) is 0 Å². The Balaban J connectivity index is 2.00. The maximum Gasteiger partial charge on any atom is 0.303 e. The van der Waals surface area contributed by atoms with Gasteiger partial charge in [-0.3, -0.25) is 9.59 Å². The Morgan fingerprint density at radius 1 is 1.40 bits per heavy atom. The third kappa shape index (κ3) is 5.37. The van der Waals surface area contributed by atoms with E-state index in [9.17, 15) is 9.59 Å². The molecule has 5 heteroatoms. The van der Waals surface area contributed by atoms with Crippen molar-refractivity contribution in [3.05, 3.63) is 0 Å². The number of ether oxygens (including phenoxy) is 1. The van der Waals surface area contributed by atoms with Crippen molar-refractivity contribution < 1.29 is 19.4 Å². The maximum atomic E-state index is 11.2.